The van der Waals surface area contributed by atoms with Crippen LogP contribution in [0, 0.1) is 25.2 Å². The lowest BCUT2D eigenvalue weighted by Crippen LogP contribution is -2.29. The number of pyridine rings is 1. The van der Waals surface area contributed by atoms with Crippen LogP contribution in [0.2, 0.25) is 0 Å². The van der Waals surface area contributed by atoms with Crippen LogP contribution in [0.15, 0.2) is 12.1 Å². The van der Waals surface area contributed by atoms with Gasteiger partial charge >= 0.3 is 6.18 Å². The maximum atomic E-state index is 12.6. The topological polar surface area (TPSA) is 50.2 Å². The van der Waals surface area contributed by atoms with Gasteiger partial charge in [0.2, 0.25) is 0 Å². The van der Waals surface area contributed by atoms with Crippen molar-refractivity contribution in [3.63, 3.8) is 0 Å². The highest BCUT2D eigenvalue weighted by atomic mass is 19.4. The number of ketones is 1. The van der Waals surface area contributed by atoms with Crippen molar-refractivity contribution in [2.45, 2.75) is 45.4 Å². The summed E-state index contributed by atoms with van der Waals surface area (Å²) in [6, 6.07) is 1.97. The molecule has 2 rings (SSSR count). The summed E-state index contributed by atoms with van der Waals surface area (Å²) in [4.78, 5) is 16.1. The van der Waals surface area contributed by atoms with Crippen molar-refractivity contribution >= 4 is 5.78 Å². The van der Waals surface area contributed by atoms with Gasteiger partial charge in [0.25, 0.3) is 0 Å². The zero-order valence-electron chi connectivity index (χ0n) is 12.5. The lowest BCUT2D eigenvalue weighted by molar-refractivity contribution is -0.141. The molecule has 3 unspecified atom stereocenters. The summed E-state index contributed by atoms with van der Waals surface area (Å²) in [5.41, 5.74) is -0.833. The first-order valence-corrected chi connectivity index (χ1v) is 7.32. The molecule has 22 heavy (non-hydrogen) atoms. The molecule has 3 nitrogen and oxygen atoms in total. The Balaban J connectivity index is 2.28. The molecule has 0 saturated heterocycles. The maximum Gasteiger partial charge on any atom is 0.433 e. The molecule has 1 saturated carbocycles. The van der Waals surface area contributed by atoms with E-state index in [9.17, 15) is 23.1 Å². The van der Waals surface area contributed by atoms with Crippen molar-refractivity contribution in [2.75, 3.05) is 0 Å². The van der Waals surface area contributed by atoms with Crippen molar-refractivity contribution in [3.05, 3.63) is 35.5 Å². The van der Waals surface area contributed by atoms with Gasteiger partial charge in [0.1, 0.15) is 5.69 Å². The molecule has 0 bridgehead atoms. The predicted molar refractivity (Wildman–Crippen MR) is 75.1 cm³/mol. The van der Waals surface area contributed by atoms with Gasteiger partial charge in [0.15, 0.2) is 5.78 Å². The summed E-state index contributed by atoms with van der Waals surface area (Å²) in [5.74, 6) is -0.858. The van der Waals surface area contributed by atoms with Gasteiger partial charge in [-0.3, -0.25) is 4.79 Å². The molecule has 0 amide bonds. The average molecular weight is 314 g/mol. The first-order chi connectivity index (χ1) is 10.2. The van der Waals surface area contributed by atoms with E-state index in [4.69, 9.17) is 0 Å². The minimum Gasteiger partial charge on any atom is -0.392 e. The van der Waals surface area contributed by atoms with E-state index in [1.807, 2.05) is 6.92 Å². The van der Waals surface area contributed by atoms with Gasteiger partial charge in [-0.05, 0) is 37.8 Å². The number of alkyl halides is 3. The smallest absolute Gasteiger partial charge is 0.392 e. The Bertz CT molecular complexity index is 557. The second-order valence-corrected chi connectivity index (χ2v) is 5.89. The molecule has 1 fully saturated rings. The number of halogens is 3. The fourth-order valence-corrected chi connectivity index (χ4v) is 2.83. The second kappa shape index (κ2) is 6.36. The molecule has 121 valence electrons. The summed E-state index contributed by atoms with van der Waals surface area (Å²) in [7, 11) is 0. The summed E-state index contributed by atoms with van der Waals surface area (Å²) in [5, 5.41) is 10.1. The van der Waals surface area contributed by atoms with E-state index in [0.29, 0.717) is 6.42 Å². The quantitative estimate of drug-likeness (QED) is 0.670. The fourth-order valence-electron chi connectivity index (χ4n) is 2.83. The van der Waals surface area contributed by atoms with E-state index in [-0.39, 0.29) is 23.0 Å². The van der Waals surface area contributed by atoms with Crippen LogP contribution in [0.25, 0.3) is 0 Å². The highest BCUT2D eigenvalue weighted by molar-refractivity contribution is 6.00. The molecule has 0 spiro atoms. The molecule has 0 aromatic carbocycles. The monoisotopic (exact) mass is 314 g/mol. The molecule has 1 aromatic rings. The first kappa shape index (κ1) is 16.9. The second-order valence-electron chi connectivity index (χ2n) is 5.89. The number of rotatable bonds is 2. The molecule has 1 N–H and O–H groups in total. The Hall–Kier alpha value is -1.43. The van der Waals surface area contributed by atoms with Crippen molar-refractivity contribution < 1.29 is 23.1 Å². The van der Waals surface area contributed by atoms with Gasteiger partial charge in [-0.25, -0.2) is 4.98 Å². The average Bonchev–Trinajstić information content (AvgIpc) is 2.58. The SMILES string of the molecule is Cc1nc(C(F)(F)F)ccc1C(=O)C1[CH]C(C)CCCC1O. The number of carbonyl (C=O) groups excluding carboxylic acids is 1. The fraction of sp³-hybridized carbons (Fsp3) is 0.562. The predicted octanol–water partition coefficient (Wildman–Crippen LogP) is 3.59. The van der Waals surface area contributed by atoms with Gasteiger partial charge < -0.3 is 5.11 Å². The highest BCUT2D eigenvalue weighted by Gasteiger charge is 2.35. The molecular weight excluding hydrogens is 295 g/mol. The van der Waals surface area contributed by atoms with E-state index < -0.39 is 23.9 Å². The van der Waals surface area contributed by atoms with E-state index >= 15 is 0 Å². The summed E-state index contributed by atoms with van der Waals surface area (Å²) in [6.07, 6.45) is -1.28. The van der Waals surface area contributed by atoms with Crippen LogP contribution >= 0.6 is 0 Å². The molecule has 1 aliphatic carbocycles. The minimum atomic E-state index is -4.53. The zero-order valence-corrected chi connectivity index (χ0v) is 12.5. The van der Waals surface area contributed by atoms with Crippen molar-refractivity contribution in [3.8, 4) is 0 Å². The molecule has 1 radical (unpaired) electrons. The van der Waals surface area contributed by atoms with E-state index in [1.165, 1.54) is 6.92 Å². The van der Waals surface area contributed by atoms with Gasteiger partial charge in [-0.1, -0.05) is 19.8 Å². The molecule has 1 heterocycles. The number of aryl methyl sites for hydroxylation is 1. The van der Waals surface area contributed by atoms with Crippen LogP contribution < -0.4 is 0 Å². The number of aliphatic hydroxyl groups excluding tert-OH is 1. The molecule has 1 aliphatic rings. The van der Waals surface area contributed by atoms with E-state index in [1.54, 1.807) is 6.42 Å². The number of aliphatic hydroxyl groups is 1. The molecule has 6 heteroatoms. The Kier molecular flexibility index (Phi) is 4.90. The Morgan fingerprint density at radius 2 is 2.00 bits per heavy atom. The first-order valence-electron chi connectivity index (χ1n) is 7.32. The maximum absolute atomic E-state index is 12.6. The number of hydrogen-bond donors (Lipinski definition) is 1. The zero-order chi connectivity index (χ0) is 16.5. The Morgan fingerprint density at radius 3 is 2.59 bits per heavy atom. The largest absolute Gasteiger partial charge is 0.433 e. The third-order valence-corrected chi connectivity index (χ3v) is 4.05. The number of hydrogen-bond acceptors (Lipinski definition) is 3. The summed E-state index contributed by atoms with van der Waals surface area (Å²) >= 11 is 0. The van der Waals surface area contributed by atoms with Crippen LogP contribution in [0.1, 0.15) is 47.9 Å². The third kappa shape index (κ3) is 3.66. The Morgan fingerprint density at radius 1 is 1.32 bits per heavy atom. The molecular formula is C16H19F3NO2. The van der Waals surface area contributed by atoms with Crippen molar-refractivity contribution in [1.82, 2.24) is 4.98 Å². The normalized spacial score (nSPS) is 26.5. The van der Waals surface area contributed by atoms with Gasteiger partial charge in [0, 0.05) is 11.3 Å². The Labute approximate surface area is 127 Å². The lowest BCUT2D eigenvalue weighted by atomic mass is 9.85. The summed E-state index contributed by atoms with van der Waals surface area (Å²) in [6.45, 7) is 3.35. The standard InChI is InChI=1S/C16H19F3NO2/c1-9-4-3-5-13(21)12(8-9)15(22)11-6-7-14(16(17,18)19)20-10(11)2/h6-9,12-13,21H,3-5H2,1-2H3. The highest BCUT2D eigenvalue weighted by Crippen LogP contribution is 2.32. The van der Waals surface area contributed by atoms with E-state index in [0.717, 1.165) is 25.0 Å². The number of nitrogens with zero attached hydrogens (tertiary/aromatic N) is 1. The van der Waals surface area contributed by atoms with Crippen LogP contribution in [0.3, 0.4) is 0 Å². The van der Waals surface area contributed by atoms with Crippen molar-refractivity contribution in [2.24, 2.45) is 11.8 Å². The van der Waals surface area contributed by atoms with Gasteiger partial charge in [-0.15, -0.1) is 0 Å². The van der Waals surface area contributed by atoms with Crippen LogP contribution in [-0.4, -0.2) is 22.0 Å². The minimum absolute atomic E-state index is 0.0392. The van der Waals surface area contributed by atoms with Crippen LogP contribution in [0.4, 0.5) is 13.2 Å². The molecule has 0 aliphatic heterocycles. The number of carbonyl (C=O) groups is 1. The van der Waals surface area contributed by atoms with Gasteiger partial charge in [0.05, 0.1) is 12.0 Å². The van der Waals surface area contributed by atoms with Crippen LogP contribution in [0.5, 0.6) is 0 Å². The number of Topliss-reactive ketones (excluding diaryl/α,β-unsaturated/α-hetero) is 1. The van der Waals surface area contributed by atoms with Crippen LogP contribution in [-0.2, 0) is 6.18 Å². The van der Waals surface area contributed by atoms with Gasteiger partial charge in [-0.2, -0.15) is 13.2 Å². The molecule has 1 aromatic heterocycles. The van der Waals surface area contributed by atoms with Crippen molar-refractivity contribution in [1.29, 1.82) is 0 Å². The number of aromatic nitrogens is 1. The summed E-state index contributed by atoms with van der Waals surface area (Å²) < 4.78 is 37.9. The molecule has 3 atom stereocenters. The third-order valence-electron chi connectivity index (χ3n) is 4.05. The van der Waals surface area contributed by atoms with E-state index in [2.05, 4.69) is 4.98 Å². The lowest BCUT2D eigenvalue weighted by Gasteiger charge is -2.21.